The minimum absolute atomic E-state index is 0.00939. The number of amides is 1. The molecule has 2 aliphatic rings. The van der Waals surface area contributed by atoms with Gasteiger partial charge in [-0.15, -0.1) is 0 Å². The highest BCUT2D eigenvalue weighted by atomic mass is 19.4. The van der Waals surface area contributed by atoms with Gasteiger partial charge in [0.15, 0.2) is 0 Å². The summed E-state index contributed by atoms with van der Waals surface area (Å²) in [7, 11) is 0. The van der Waals surface area contributed by atoms with Crippen LogP contribution >= 0.6 is 0 Å². The quantitative estimate of drug-likeness (QED) is 0.821. The van der Waals surface area contributed by atoms with Crippen LogP contribution in [0.3, 0.4) is 0 Å². The third-order valence-electron chi connectivity index (χ3n) is 4.31. The van der Waals surface area contributed by atoms with Crippen molar-refractivity contribution in [3.05, 3.63) is 0 Å². The standard InChI is InChI=1S/C13H21F3N2O2/c14-13(15,16)9-4-5-11(17-8-9)12(20)18(6-7-19)10-2-1-3-10/h9-11,17,19H,1-8H2. The fourth-order valence-electron chi connectivity index (χ4n) is 2.83. The average molecular weight is 294 g/mol. The van der Waals surface area contributed by atoms with Crippen molar-refractivity contribution >= 4 is 5.91 Å². The first-order valence-corrected chi connectivity index (χ1v) is 7.15. The predicted molar refractivity (Wildman–Crippen MR) is 67.0 cm³/mol. The number of alkyl halides is 3. The van der Waals surface area contributed by atoms with E-state index in [2.05, 4.69) is 5.32 Å². The molecule has 0 spiro atoms. The molecule has 0 aromatic rings. The Morgan fingerprint density at radius 2 is 1.95 bits per heavy atom. The van der Waals surface area contributed by atoms with Crippen LogP contribution in [0.1, 0.15) is 32.1 Å². The van der Waals surface area contributed by atoms with Crippen molar-refractivity contribution < 1.29 is 23.1 Å². The lowest BCUT2D eigenvalue weighted by Gasteiger charge is -2.40. The lowest BCUT2D eigenvalue weighted by atomic mass is 9.89. The van der Waals surface area contributed by atoms with Crippen molar-refractivity contribution in [3.63, 3.8) is 0 Å². The molecule has 116 valence electrons. The van der Waals surface area contributed by atoms with Crippen LogP contribution in [0.2, 0.25) is 0 Å². The first-order valence-electron chi connectivity index (χ1n) is 7.15. The first-order chi connectivity index (χ1) is 9.43. The van der Waals surface area contributed by atoms with Crippen molar-refractivity contribution in [1.29, 1.82) is 0 Å². The van der Waals surface area contributed by atoms with E-state index in [0.29, 0.717) is 0 Å². The van der Waals surface area contributed by atoms with Gasteiger partial charge in [0, 0.05) is 19.1 Å². The monoisotopic (exact) mass is 294 g/mol. The molecule has 2 unspecified atom stereocenters. The summed E-state index contributed by atoms with van der Waals surface area (Å²) in [6, 6.07) is -0.391. The third kappa shape index (κ3) is 3.44. The number of piperidine rings is 1. The topological polar surface area (TPSA) is 52.6 Å². The number of hydrogen-bond donors (Lipinski definition) is 2. The summed E-state index contributed by atoms with van der Waals surface area (Å²) in [5.74, 6) is -1.52. The van der Waals surface area contributed by atoms with E-state index in [1.165, 1.54) is 0 Å². The van der Waals surface area contributed by atoms with Crippen LogP contribution in [0, 0.1) is 5.92 Å². The predicted octanol–water partition coefficient (Wildman–Crippen LogP) is 1.29. The Bertz CT molecular complexity index is 337. The summed E-state index contributed by atoms with van der Waals surface area (Å²) in [5, 5.41) is 11.8. The van der Waals surface area contributed by atoms with Crippen LogP contribution in [0.15, 0.2) is 0 Å². The maximum absolute atomic E-state index is 12.6. The van der Waals surface area contributed by atoms with E-state index < -0.39 is 18.1 Å². The molecule has 2 atom stereocenters. The molecule has 1 aliphatic carbocycles. The Labute approximate surface area is 116 Å². The van der Waals surface area contributed by atoms with Gasteiger partial charge in [-0.05, 0) is 32.1 Å². The molecule has 2 fully saturated rings. The van der Waals surface area contributed by atoms with Gasteiger partial charge in [-0.3, -0.25) is 4.79 Å². The van der Waals surface area contributed by atoms with Crippen LogP contribution in [-0.2, 0) is 4.79 Å². The van der Waals surface area contributed by atoms with E-state index in [-0.39, 0.29) is 44.5 Å². The fraction of sp³-hybridized carbons (Fsp3) is 0.923. The van der Waals surface area contributed by atoms with E-state index >= 15 is 0 Å². The van der Waals surface area contributed by atoms with Crippen LogP contribution in [0.25, 0.3) is 0 Å². The zero-order valence-electron chi connectivity index (χ0n) is 11.3. The van der Waals surface area contributed by atoms with Crippen molar-refractivity contribution in [2.45, 2.75) is 50.4 Å². The van der Waals surface area contributed by atoms with Gasteiger partial charge < -0.3 is 15.3 Å². The SMILES string of the molecule is O=C(C1CCC(C(F)(F)F)CN1)N(CCO)C1CCC1. The summed E-state index contributed by atoms with van der Waals surface area (Å²) in [6.07, 6.45) is -1.09. The molecule has 1 saturated heterocycles. The number of carbonyl (C=O) groups excluding carboxylic acids is 1. The number of carbonyl (C=O) groups is 1. The molecule has 1 saturated carbocycles. The third-order valence-corrected chi connectivity index (χ3v) is 4.31. The zero-order chi connectivity index (χ0) is 14.8. The fourth-order valence-corrected chi connectivity index (χ4v) is 2.83. The molecule has 0 aromatic heterocycles. The van der Waals surface area contributed by atoms with Crippen molar-refractivity contribution in [2.75, 3.05) is 19.7 Å². The summed E-state index contributed by atoms with van der Waals surface area (Å²) < 4.78 is 37.7. The maximum Gasteiger partial charge on any atom is 0.393 e. The van der Waals surface area contributed by atoms with E-state index in [1.807, 2.05) is 0 Å². The van der Waals surface area contributed by atoms with E-state index in [0.717, 1.165) is 19.3 Å². The Morgan fingerprint density at radius 1 is 1.25 bits per heavy atom. The van der Waals surface area contributed by atoms with Gasteiger partial charge in [-0.1, -0.05) is 0 Å². The van der Waals surface area contributed by atoms with Gasteiger partial charge in [-0.2, -0.15) is 13.2 Å². The number of halogens is 3. The second-order valence-corrected chi connectivity index (χ2v) is 5.62. The zero-order valence-corrected chi connectivity index (χ0v) is 11.3. The Hall–Kier alpha value is -0.820. The normalized spacial score (nSPS) is 28.0. The maximum atomic E-state index is 12.6. The lowest BCUT2D eigenvalue weighted by Crippen LogP contribution is -2.56. The highest BCUT2D eigenvalue weighted by molar-refractivity contribution is 5.82. The van der Waals surface area contributed by atoms with Gasteiger partial charge in [0.05, 0.1) is 18.6 Å². The molecular formula is C13H21F3N2O2. The molecule has 1 amide bonds. The average Bonchev–Trinajstić information content (AvgIpc) is 2.34. The number of aliphatic hydroxyl groups is 1. The minimum Gasteiger partial charge on any atom is -0.395 e. The Balaban J connectivity index is 1.89. The molecule has 2 N–H and O–H groups in total. The number of hydrogen-bond acceptors (Lipinski definition) is 3. The Morgan fingerprint density at radius 3 is 2.35 bits per heavy atom. The molecule has 7 heteroatoms. The Kier molecular flexibility index (Phi) is 4.90. The number of nitrogens with zero attached hydrogens (tertiary/aromatic N) is 1. The number of nitrogens with one attached hydrogen (secondary N) is 1. The van der Waals surface area contributed by atoms with E-state index in [4.69, 9.17) is 5.11 Å². The van der Waals surface area contributed by atoms with Crippen molar-refractivity contribution in [2.24, 2.45) is 5.92 Å². The smallest absolute Gasteiger partial charge is 0.393 e. The van der Waals surface area contributed by atoms with Gasteiger partial charge in [0.1, 0.15) is 0 Å². The minimum atomic E-state index is -4.19. The van der Waals surface area contributed by atoms with E-state index in [9.17, 15) is 18.0 Å². The van der Waals surface area contributed by atoms with Crippen LogP contribution in [-0.4, -0.2) is 53.9 Å². The molecule has 1 aliphatic heterocycles. The van der Waals surface area contributed by atoms with E-state index in [1.54, 1.807) is 4.90 Å². The van der Waals surface area contributed by atoms with Crippen LogP contribution < -0.4 is 5.32 Å². The number of rotatable bonds is 4. The van der Waals surface area contributed by atoms with Crippen molar-refractivity contribution in [3.8, 4) is 0 Å². The molecule has 0 bridgehead atoms. The molecule has 0 radical (unpaired) electrons. The van der Waals surface area contributed by atoms with Gasteiger partial charge >= 0.3 is 6.18 Å². The molecular weight excluding hydrogens is 273 g/mol. The second kappa shape index (κ2) is 6.30. The van der Waals surface area contributed by atoms with Gasteiger partial charge in [0.2, 0.25) is 5.91 Å². The highest BCUT2D eigenvalue weighted by Gasteiger charge is 2.43. The number of aliphatic hydroxyl groups excluding tert-OH is 1. The molecule has 4 nitrogen and oxygen atoms in total. The highest BCUT2D eigenvalue weighted by Crippen LogP contribution is 2.33. The first kappa shape index (κ1) is 15.6. The largest absolute Gasteiger partial charge is 0.395 e. The lowest BCUT2D eigenvalue weighted by molar-refractivity contribution is -0.181. The van der Waals surface area contributed by atoms with Crippen molar-refractivity contribution in [1.82, 2.24) is 10.2 Å². The van der Waals surface area contributed by atoms with Crippen LogP contribution in [0.4, 0.5) is 13.2 Å². The molecule has 1 heterocycles. The summed E-state index contributed by atoms with van der Waals surface area (Å²) in [4.78, 5) is 14.0. The van der Waals surface area contributed by atoms with Crippen LogP contribution in [0.5, 0.6) is 0 Å². The summed E-state index contributed by atoms with van der Waals surface area (Å²) >= 11 is 0. The second-order valence-electron chi connectivity index (χ2n) is 5.62. The summed E-state index contributed by atoms with van der Waals surface area (Å²) in [6.45, 7) is -0.0396. The van der Waals surface area contributed by atoms with Gasteiger partial charge in [0.25, 0.3) is 0 Å². The molecule has 2 rings (SSSR count). The molecule has 0 aromatic carbocycles. The summed E-state index contributed by atoms with van der Waals surface area (Å²) in [5.41, 5.74) is 0. The van der Waals surface area contributed by atoms with Gasteiger partial charge in [-0.25, -0.2) is 0 Å². The molecule has 20 heavy (non-hydrogen) atoms.